The highest BCUT2D eigenvalue weighted by molar-refractivity contribution is 14.0. The average Bonchev–Trinajstić information content (AvgIpc) is 2.96. The summed E-state index contributed by atoms with van der Waals surface area (Å²) in [6.45, 7) is 7.98. The van der Waals surface area contributed by atoms with E-state index in [0.29, 0.717) is 24.1 Å². The first-order chi connectivity index (χ1) is 13.3. The Morgan fingerprint density at radius 2 is 2.00 bits per heavy atom. The molecule has 29 heavy (non-hydrogen) atoms. The first-order valence-corrected chi connectivity index (χ1v) is 11.7. The summed E-state index contributed by atoms with van der Waals surface area (Å²) in [5.41, 5.74) is 1.08. The highest BCUT2D eigenvalue weighted by Crippen LogP contribution is 2.16. The van der Waals surface area contributed by atoms with Gasteiger partial charge >= 0.3 is 0 Å². The molecule has 1 aromatic carbocycles. The Balaban J connectivity index is 0.00000420. The lowest BCUT2D eigenvalue weighted by atomic mass is 10.4. The summed E-state index contributed by atoms with van der Waals surface area (Å²) in [5, 5.41) is 7.87. The van der Waals surface area contributed by atoms with Crippen molar-refractivity contribution in [3.8, 4) is 0 Å². The molecule has 0 saturated heterocycles. The molecule has 1 aromatic heterocycles. The Morgan fingerprint density at radius 3 is 2.62 bits per heavy atom. The molecule has 0 saturated carbocycles. The minimum absolute atomic E-state index is 0. The van der Waals surface area contributed by atoms with Gasteiger partial charge in [0.15, 0.2) is 5.96 Å². The largest absolute Gasteiger partial charge is 0.357 e. The molecule has 2 rings (SSSR count). The molecule has 0 spiro atoms. The number of nitrogens with one attached hydrogen (secondary N) is 3. The smallest absolute Gasteiger partial charge is 0.240 e. The number of thiazole rings is 1. The molecule has 11 heteroatoms. The van der Waals surface area contributed by atoms with Crippen LogP contribution in [0.3, 0.4) is 0 Å². The number of aromatic nitrogens is 1. The fraction of sp³-hybridized carbons (Fsp3) is 0.444. The van der Waals surface area contributed by atoms with Crippen molar-refractivity contribution >= 4 is 62.9 Å². The standard InChI is InChI=1S/C18H26ClN5O2S2.HI/c1-4-20-18(21-9-8-17-24-13(2)14(3)27-17)22-10-11-23-28(25,26)16-7-5-6-15(19)12-16;/h5-7,12,23H,4,8-11H2,1-3H3,(H2,20,21,22);1H. The van der Waals surface area contributed by atoms with Crippen molar-refractivity contribution in [1.82, 2.24) is 20.3 Å². The summed E-state index contributed by atoms with van der Waals surface area (Å²) in [5.74, 6) is 0.648. The van der Waals surface area contributed by atoms with Gasteiger partial charge in [0.2, 0.25) is 10.0 Å². The van der Waals surface area contributed by atoms with Crippen LogP contribution in [0.1, 0.15) is 22.5 Å². The van der Waals surface area contributed by atoms with Crippen molar-refractivity contribution in [2.75, 3.05) is 26.2 Å². The Hall–Kier alpha value is -0.950. The zero-order valence-electron chi connectivity index (χ0n) is 16.7. The first kappa shape index (κ1) is 26.1. The van der Waals surface area contributed by atoms with Crippen LogP contribution >= 0.6 is 46.9 Å². The van der Waals surface area contributed by atoms with Gasteiger partial charge in [0.1, 0.15) is 0 Å². The van der Waals surface area contributed by atoms with Gasteiger partial charge < -0.3 is 10.6 Å². The lowest BCUT2D eigenvalue weighted by molar-refractivity contribution is 0.582. The highest BCUT2D eigenvalue weighted by Gasteiger charge is 2.13. The summed E-state index contributed by atoms with van der Waals surface area (Å²) >= 11 is 7.56. The van der Waals surface area contributed by atoms with E-state index in [1.807, 2.05) is 13.8 Å². The normalized spacial score (nSPS) is 11.8. The molecule has 0 bridgehead atoms. The first-order valence-electron chi connectivity index (χ1n) is 9.02. The molecule has 0 amide bonds. The van der Waals surface area contributed by atoms with Gasteiger partial charge in [-0.15, -0.1) is 35.3 Å². The number of rotatable bonds is 9. The number of hydrogen-bond acceptors (Lipinski definition) is 5. The number of benzene rings is 1. The number of aryl methyl sites for hydroxylation is 2. The number of hydrogen-bond donors (Lipinski definition) is 3. The van der Waals surface area contributed by atoms with Crippen LogP contribution < -0.4 is 15.4 Å². The summed E-state index contributed by atoms with van der Waals surface area (Å²) in [7, 11) is -3.60. The second-order valence-corrected chi connectivity index (χ2v) is 9.53. The number of nitrogens with zero attached hydrogens (tertiary/aromatic N) is 2. The summed E-state index contributed by atoms with van der Waals surface area (Å²) in [6, 6.07) is 6.16. The van der Waals surface area contributed by atoms with Crippen molar-refractivity contribution in [1.29, 1.82) is 0 Å². The third-order valence-corrected chi connectivity index (χ3v) is 6.65. The van der Waals surface area contributed by atoms with Crippen molar-refractivity contribution in [3.05, 3.63) is 44.9 Å². The minimum Gasteiger partial charge on any atom is -0.357 e. The predicted molar refractivity (Wildman–Crippen MR) is 131 cm³/mol. The summed E-state index contributed by atoms with van der Waals surface area (Å²) in [6.07, 6.45) is 0.811. The van der Waals surface area contributed by atoms with E-state index in [1.54, 1.807) is 23.5 Å². The van der Waals surface area contributed by atoms with Gasteiger partial charge in [0, 0.05) is 36.0 Å². The monoisotopic (exact) mass is 571 g/mol. The van der Waals surface area contributed by atoms with E-state index >= 15 is 0 Å². The third kappa shape index (κ3) is 8.75. The molecule has 2 aromatic rings. The summed E-state index contributed by atoms with van der Waals surface area (Å²) < 4.78 is 27.0. The Bertz CT molecular complexity index is 899. The van der Waals surface area contributed by atoms with Crippen LogP contribution in [0.15, 0.2) is 34.2 Å². The Kier molecular flexibility index (Phi) is 11.4. The Morgan fingerprint density at radius 1 is 1.24 bits per heavy atom. The molecule has 0 aliphatic heterocycles. The molecule has 0 atom stereocenters. The highest BCUT2D eigenvalue weighted by atomic mass is 127. The molecule has 0 fully saturated rings. The van der Waals surface area contributed by atoms with Crippen LogP contribution in [0.5, 0.6) is 0 Å². The van der Waals surface area contributed by atoms with E-state index in [9.17, 15) is 8.42 Å². The molecule has 3 N–H and O–H groups in total. The van der Waals surface area contributed by atoms with Crippen LogP contribution in [0.4, 0.5) is 0 Å². The molecule has 0 aliphatic carbocycles. The van der Waals surface area contributed by atoms with Crippen molar-refractivity contribution in [2.24, 2.45) is 4.99 Å². The van der Waals surface area contributed by atoms with Crippen molar-refractivity contribution in [3.63, 3.8) is 0 Å². The number of guanidine groups is 1. The van der Waals surface area contributed by atoms with Crippen LogP contribution in [-0.4, -0.2) is 45.5 Å². The molecule has 0 aliphatic rings. The number of sulfonamides is 1. The van der Waals surface area contributed by atoms with E-state index < -0.39 is 10.0 Å². The van der Waals surface area contributed by atoms with Gasteiger partial charge in [-0.1, -0.05) is 17.7 Å². The zero-order chi connectivity index (χ0) is 20.6. The van der Waals surface area contributed by atoms with Crippen molar-refractivity contribution in [2.45, 2.75) is 32.1 Å². The van der Waals surface area contributed by atoms with E-state index in [-0.39, 0.29) is 35.4 Å². The summed E-state index contributed by atoms with van der Waals surface area (Å²) in [4.78, 5) is 10.3. The van der Waals surface area contributed by atoms with E-state index in [4.69, 9.17) is 11.6 Å². The second-order valence-electron chi connectivity index (χ2n) is 6.04. The van der Waals surface area contributed by atoms with Crippen LogP contribution in [0.2, 0.25) is 5.02 Å². The van der Waals surface area contributed by atoms with Gasteiger partial charge in [-0.3, -0.25) is 4.99 Å². The van der Waals surface area contributed by atoms with E-state index in [2.05, 4.69) is 32.3 Å². The maximum Gasteiger partial charge on any atom is 0.240 e. The average molecular weight is 572 g/mol. The number of halogens is 2. The predicted octanol–water partition coefficient (Wildman–Crippen LogP) is 3.11. The molecule has 1 heterocycles. The van der Waals surface area contributed by atoms with Gasteiger partial charge in [-0.05, 0) is 39.0 Å². The quantitative estimate of drug-likeness (QED) is 0.186. The fourth-order valence-electron chi connectivity index (χ4n) is 2.34. The third-order valence-electron chi connectivity index (χ3n) is 3.83. The molecule has 0 radical (unpaired) electrons. The molecular weight excluding hydrogens is 545 g/mol. The SMILES string of the molecule is CCNC(=NCCNS(=O)(=O)c1cccc(Cl)c1)NCCc1nc(C)c(C)s1.I. The van der Waals surface area contributed by atoms with E-state index in [0.717, 1.165) is 23.7 Å². The lowest BCUT2D eigenvalue weighted by Gasteiger charge is -2.11. The zero-order valence-corrected chi connectivity index (χ0v) is 21.4. The maximum absolute atomic E-state index is 12.3. The van der Waals surface area contributed by atoms with Gasteiger partial charge in [0.05, 0.1) is 22.1 Å². The molecule has 7 nitrogen and oxygen atoms in total. The van der Waals surface area contributed by atoms with Crippen LogP contribution in [0, 0.1) is 13.8 Å². The van der Waals surface area contributed by atoms with Crippen molar-refractivity contribution < 1.29 is 8.42 Å². The number of aliphatic imine (C=N–C) groups is 1. The minimum atomic E-state index is -3.60. The Labute approximate surface area is 198 Å². The molecule has 0 unspecified atom stereocenters. The molecule has 162 valence electrons. The van der Waals surface area contributed by atoms with Gasteiger partial charge in [-0.25, -0.2) is 18.1 Å². The topological polar surface area (TPSA) is 95.5 Å². The van der Waals surface area contributed by atoms with Crippen LogP contribution in [-0.2, 0) is 16.4 Å². The second kappa shape index (κ2) is 12.7. The van der Waals surface area contributed by atoms with Gasteiger partial charge in [-0.2, -0.15) is 0 Å². The van der Waals surface area contributed by atoms with Gasteiger partial charge in [0.25, 0.3) is 0 Å². The molecular formula is C18H27ClIN5O2S2. The van der Waals surface area contributed by atoms with Crippen LogP contribution in [0.25, 0.3) is 0 Å². The lowest BCUT2D eigenvalue weighted by Crippen LogP contribution is -2.39. The van der Waals surface area contributed by atoms with E-state index in [1.165, 1.54) is 17.0 Å². The maximum atomic E-state index is 12.3. The fourth-order valence-corrected chi connectivity index (χ4v) is 4.60.